The van der Waals surface area contributed by atoms with Gasteiger partial charge in [-0.25, -0.2) is 9.97 Å². The Morgan fingerprint density at radius 3 is 2.89 bits per heavy atom. The van der Waals surface area contributed by atoms with Gasteiger partial charge in [0.2, 0.25) is 0 Å². The summed E-state index contributed by atoms with van der Waals surface area (Å²) in [6, 6.07) is 6.26. The maximum Gasteiger partial charge on any atom is 0.140 e. The van der Waals surface area contributed by atoms with Crippen LogP contribution in [0.3, 0.4) is 0 Å². The zero-order chi connectivity index (χ0) is 13.2. The minimum absolute atomic E-state index is 0.535. The van der Waals surface area contributed by atoms with E-state index in [2.05, 4.69) is 40.4 Å². The number of hydrogen-bond acceptors (Lipinski definition) is 3. The van der Waals surface area contributed by atoms with E-state index < -0.39 is 0 Å². The Morgan fingerprint density at radius 2 is 2.16 bits per heavy atom. The molecule has 0 atom stereocenters. The van der Waals surface area contributed by atoms with Crippen molar-refractivity contribution in [1.82, 2.24) is 15.3 Å². The van der Waals surface area contributed by atoms with Crippen LogP contribution in [0.25, 0.3) is 10.9 Å². The molecular weight excluding hydrogens is 258 g/mol. The molecule has 1 aromatic heterocycles. The van der Waals surface area contributed by atoms with Gasteiger partial charge in [0.25, 0.3) is 0 Å². The third-order valence-electron chi connectivity index (χ3n) is 3.43. The molecule has 100 valence electrons. The van der Waals surface area contributed by atoms with Gasteiger partial charge in [-0.3, -0.25) is 0 Å². The summed E-state index contributed by atoms with van der Waals surface area (Å²) >= 11 is 6.30. The lowest BCUT2D eigenvalue weighted by atomic mass is 10.1. The summed E-state index contributed by atoms with van der Waals surface area (Å²) in [6.07, 6.45) is 3.53. The molecule has 0 aliphatic heterocycles. The van der Waals surface area contributed by atoms with Crippen molar-refractivity contribution < 1.29 is 0 Å². The predicted molar refractivity (Wildman–Crippen MR) is 78.5 cm³/mol. The van der Waals surface area contributed by atoms with Crippen LogP contribution in [-0.2, 0) is 6.54 Å². The number of rotatable bonds is 5. The summed E-state index contributed by atoms with van der Waals surface area (Å²) in [6.45, 7) is 4.06. The highest BCUT2D eigenvalue weighted by atomic mass is 35.5. The van der Waals surface area contributed by atoms with E-state index in [0.29, 0.717) is 11.1 Å². The maximum atomic E-state index is 6.30. The van der Waals surface area contributed by atoms with E-state index in [1.54, 1.807) is 0 Å². The molecule has 1 N–H and O–H groups in total. The van der Waals surface area contributed by atoms with Crippen molar-refractivity contribution >= 4 is 22.5 Å². The topological polar surface area (TPSA) is 37.8 Å². The zero-order valence-electron chi connectivity index (χ0n) is 11.1. The maximum absolute atomic E-state index is 6.30. The van der Waals surface area contributed by atoms with Gasteiger partial charge in [0, 0.05) is 17.8 Å². The molecular formula is C15H18ClN3. The molecule has 1 fully saturated rings. The molecule has 1 aromatic carbocycles. The average Bonchev–Trinajstić information content (AvgIpc) is 3.24. The van der Waals surface area contributed by atoms with E-state index in [4.69, 9.17) is 11.6 Å². The second-order valence-corrected chi connectivity index (χ2v) is 5.53. The van der Waals surface area contributed by atoms with E-state index in [1.165, 1.54) is 18.4 Å². The van der Waals surface area contributed by atoms with Crippen LogP contribution in [0.5, 0.6) is 0 Å². The van der Waals surface area contributed by atoms with Crippen molar-refractivity contribution in [2.45, 2.75) is 38.6 Å². The summed E-state index contributed by atoms with van der Waals surface area (Å²) in [4.78, 5) is 9.05. The van der Waals surface area contributed by atoms with Crippen LogP contribution < -0.4 is 5.32 Å². The molecule has 0 radical (unpaired) electrons. The van der Waals surface area contributed by atoms with Crippen LogP contribution in [0.1, 0.15) is 43.5 Å². The molecule has 1 aliphatic carbocycles. The molecule has 19 heavy (non-hydrogen) atoms. The molecule has 0 spiro atoms. The van der Waals surface area contributed by atoms with Gasteiger partial charge < -0.3 is 5.32 Å². The molecule has 3 rings (SSSR count). The van der Waals surface area contributed by atoms with Gasteiger partial charge in [0.05, 0.1) is 5.52 Å². The lowest BCUT2D eigenvalue weighted by Gasteiger charge is -2.07. The summed E-state index contributed by atoms with van der Waals surface area (Å²) < 4.78 is 0. The van der Waals surface area contributed by atoms with Crippen LogP contribution in [0, 0.1) is 0 Å². The van der Waals surface area contributed by atoms with E-state index in [-0.39, 0.29) is 0 Å². The average molecular weight is 276 g/mol. The predicted octanol–water partition coefficient (Wildman–Crippen LogP) is 3.66. The van der Waals surface area contributed by atoms with Crippen LogP contribution in [0.15, 0.2) is 18.2 Å². The first-order chi connectivity index (χ1) is 9.28. The highest BCUT2D eigenvalue weighted by Crippen LogP contribution is 2.39. The third-order valence-corrected chi connectivity index (χ3v) is 3.72. The Labute approximate surface area is 118 Å². The third kappa shape index (κ3) is 2.88. The number of nitrogens with zero attached hydrogens (tertiary/aromatic N) is 2. The lowest BCUT2D eigenvalue weighted by molar-refractivity contribution is 0.676. The quantitative estimate of drug-likeness (QED) is 0.668. The van der Waals surface area contributed by atoms with Gasteiger partial charge in [-0.1, -0.05) is 24.6 Å². The van der Waals surface area contributed by atoms with Crippen molar-refractivity contribution in [3.8, 4) is 0 Å². The zero-order valence-corrected chi connectivity index (χ0v) is 11.9. The summed E-state index contributed by atoms with van der Waals surface area (Å²) in [5.74, 6) is 1.45. The van der Waals surface area contributed by atoms with Gasteiger partial charge in [-0.05, 0) is 43.5 Å². The summed E-state index contributed by atoms with van der Waals surface area (Å²) in [5.41, 5.74) is 2.19. The number of halogens is 1. The largest absolute Gasteiger partial charge is 0.313 e. The fourth-order valence-electron chi connectivity index (χ4n) is 2.20. The molecule has 0 saturated heterocycles. The summed E-state index contributed by atoms with van der Waals surface area (Å²) in [5, 5.41) is 4.94. The molecule has 0 unspecified atom stereocenters. The molecule has 1 aliphatic rings. The molecule has 4 heteroatoms. The Balaban J connectivity index is 1.89. The number of hydrogen-bond donors (Lipinski definition) is 1. The van der Waals surface area contributed by atoms with Gasteiger partial charge in [-0.2, -0.15) is 0 Å². The minimum atomic E-state index is 0.535. The van der Waals surface area contributed by atoms with E-state index in [1.807, 2.05) is 0 Å². The first-order valence-corrected chi connectivity index (χ1v) is 7.32. The van der Waals surface area contributed by atoms with E-state index in [9.17, 15) is 0 Å². The number of fused-ring (bicyclic) bond motifs is 1. The first-order valence-electron chi connectivity index (χ1n) is 6.94. The first kappa shape index (κ1) is 12.8. The van der Waals surface area contributed by atoms with E-state index in [0.717, 1.165) is 36.2 Å². The smallest absolute Gasteiger partial charge is 0.140 e. The highest BCUT2D eigenvalue weighted by Gasteiger charge is 2.27. The molecule has 0 bridgehead atoms. The lowest BCUT2D eigenvalue weighted by Crippen LogP contribution is -2.13. The summed E-state index contributed by atoms with van der Waals surface area (Å²) in [7, 11) is 0. The van der Waals surface area contributed by atoms with Crippen LogP contribution >= 0.6 is 11.6 Å². The van der Waals surface area contributed by atoms with Crippen molar-refractivity contribution in [3.63, 3.8) is 0 Å². The van der Waals surface area contributed by atoms with Crippen molar-refractivity contribution in [1.29, 1.82) is 0 Å². The second-order valence-electron chi connectivity index (χ2n) is 5.18. The Kier molecular flexibility index (Phi) is 3.67. The SMILES string of the molecule is CCCNCc1ccc2nc(C3CC3)nc(Cl)c2c1. The second kappa shape index (κ2) is 5.43. The van der Waals surface area contributed by atoms with Crippen LogP contribution in [-0.4, -0.2) is 16.5 Å². The molecule has 1 saturated carbocycles. The monoisotopic (exact) mass is 275 g/mol. The van der Waals surface area contributed by atoms with Crippen molar-refractivity contribution in [2.24, 2.45) is 0 Å². The standard InChI is InChI=1S/C15H18ClN3/c1-2-7-17-9-10-3-6-13-12(8-10)14(16)19-15(18-13)11-4-5-11/h3,6,8,11,17H,2,4-5,7,9H2,1H3. The van der Waals surface area contributed by atoms with Gasteiger partial charge in [0.15, 0.2) is 0 Å². The van der Waals surface area contributed by atoms with Gasteiger partial charge in [0.1, 0.15) is 11.0 Å². The molecule has 2 aromatic rings. The highest BCUT2D eigenvalue weighted by molar-refractivity contribution is 6.34. The fourth-order valence-corrected chi connectivity index (χ4v) is 2.44. The number of aromatic nitrogens is 2. The molecule has 0 amide bonds. The molecule has 1 heterocycles. The van der Waals surface area contributed by atoms with Crippen LogP contribution in [0.4, 0.5) is 0 Å². The van der Waals surface area contributed by atoms with Crippen LogP contribution in [0.2, 0.25) is 5.15 Å². The number of benzene rings is 1. The van der Waals surface area contributed by atoms with Gasteiger partial charge >= 0.3 is 0 Å². The fraction of sp³-hybridized carbons (Fsp3) is 0.467. The van der Waals surface area contributed by atoms with E-state index >= 15 is 0 Å². The van der Waals surface area contributed by atoms with Crippen molar-refractivity contribution in [2.75, 3.05) is 6.54 Å². The minimum Gasteiger partial charge on any atom is -0.313 e. The Morgan fingerprint density at radius 1 is 1.32 bits per heavy atom. The Hall–Kier alpha value is -1.19. The van der Waals surface area contributed by atoms with Crippen molar-refractivity contribution in [3.05, 3.63) is 34.7 Å². The normalized spacial score (nSPS) is 15.1. The van der Waals surface area contributed by atoms with Gasteiger partial charge in [-0.15, -0.1) is 0 Å². The Bertz CT molecular complexity index is 593. The number of nitrogens with one attached hydrogen (secondary N) is 1. The molecule has 3 nitrogen and oxygen atoms in total.